The average molecular weight is 318 g/mol. The summed E-state index contributed by atoms with van der Waals surface area (Å²) in [6.07, 6.45) is 9.38. The maximum absolute atomic E-state index is 12.4. The van der Waals surface area contributed by atoms with Gasteiger partial charge in [0.05, 0.1) is 0 Å². The molecule has 7 nitrogen and oxygen atoms in total. The number of oxazole rings is 2. The van der Waals surface area contributed by atoms with Crippen molar-refractivity contribution in [3.05, 3.63) is 73.4 Å². The minimum Gasteiger partial charge on any atom is -0.441 e. The molecule has 0 aliphatic carbocycles. The molecule has 0 unspecified atom stereocenters. The summed E-state index contributed by atoms with van der Waals surface area (Å²) in [7, 11) is 0. The van der Waals surface area contributed by atoms with Crippen LogP contribution < -0.4 is 0 Å². The molecule has 0 bridgehead atoms. The van der Waals surface area contributed by atoms with E-state index in [0.29, 0.717) is 11.4 Å². The van der Waals surface area contributed by atoms with Crippen molar-refractivity contribution in [1.29, 1.82) is 0 Å². The Morgan fingerprint density at radius 3 is 1.54 bits per heavy atom. The van der Waals surface area contributed by atoms with Crippen molar-refractivity contribution in [3.8, 4) is 22.5 Å². The predicted octanol–water partition coefficient (Wildman–Crippen LogP) is 3.02. The monoisotopic (exact) mass is 318 g/mol. The third-order valence-corrected chi connectivity index (χ3v) is 3.35. The Morgan fingerprint density at radius 1 is 0.708 bits per heavy atom. The molecule has 0 saturated carbocycles. The predicted molar refractivity (Wildman–Crippen MR) is 82.9 cm³/mol. The number of hydrogen-bond acceptors (Lipinski definition) is 7. The fourth-order valence-corrected chi connectivity index (χ4v) is 2.16. The van der Waals surface area contributed by atoms with Gasteiger partial charge in [-0.2, -0.15) is 0 Å². The third-order valence-electron chi connectivity index (χ3n) is 3.35. The van der Waals surface area contributed by atoms with Crippen LogP contribution in [0.2, 0.25) is 0 Å². The Balaban J connectivity index is 1.61. The minimum atomic E-state index is -0.518. The number of ketones is 1. The van der Waals surface area contributed by atoms with E-state index in [-0.39, 0.29) is 11.8 Å². The highest BCUT2D eigenvalue weighted by Crippen LogP contribution is 2.21. The van der Waals surface area contributed by atoms with E-state index < -0.39 is 5.78 Å². The molecule has 0 fully saturated rings. The molecular formula is C17H10N4O3. The second-order valence-electron chi connectivity index (χ2n) is 4.88. The number of pyridine rings is 2. The molecule has 0 saturated heterocycles. The Kier molecular flexibility index (Phi) is 3.43. The lowest BCUT2D eigenvalue weighted by atomic mass is 10.2. The average Bonchev–Trinajstić information content (AvgIpc) is 3.33. The molecule has 0 atom stereocenters. The number of hydrogen-bond donors (Lipinski definition) is 0. The van der Waals surface area contributed by atoms with E-state index >= 15 is 0 Å². The van der Waals surface area contributed by atoms with Crippen molar-refractivity contribution in [2.75, 3.05) is 0 Å². The van der Waals surface area contributed by atoms with Gasteiger partial charge in [0.2, 0.25) is 0 Å². The number of nitrogens with zero attached hydrogens (tertiary/aromatic N) is 4. The summed E-state index contributed by atoms with van der Waals surface area (Å²) in [5, 5.41) is 0. The van der Waals surface area contributed by atoms with E-state index in [1.165, 1.54) is 12.5 Å². The smallest absolute Gasteiger partial charge is 0.302 e. The molecule has 0 aromatic carbocycles. The van der Waals surface area contributed by atoms with Gasteiger partial charge in [-0.1, -0.05) is 0 Å². The third kappa shape index (κ3) is 2.58. The lowest BCUT2D eigenvalue weighted by Crippen LogP contribution is -2.02. The van der Waals surface area contributed by atoms with E-state index in [2.05, 4.69) is 19.9 Å². The van der Waals surface area contributed by atoms with Crippen molar-refractivity contribution >= 4 is 5.78 Å². The summed E-state index contributed by atoms with van der Waals surface area (Å²) in [5.41, 5.74) is 2.69. The van der Waals surface area contributed by atoms with Crippen LogP contribution in [-0.4, -0.2) is 25.7 Å². The fraction of sp³-hybridized carbons (Fsp3) is 0. The molecule has 24 heavy (non-hydrogen) atoms. The van der Waals surface area contributed by atoms with Crippen LogP contribution in [0.4, 0.5) is 0 Å². The van der Waals surface area contributed by atoms with Gasteiger partial charge >= 0.3 is 5.78 Å². The molecule has 4 aromatic rings. The van der Waals surface area contributed by atoms with E-state index in [1.54, 1.807) is 49.1 Å². The molecule has 7 heteroatoms. The molecule has 0 amide bonds. The van der Waals surface area contributed by atoms with Gasteiger partial charge in [-0.3, -0.25) is 14.8 Å². The van der Waals surface area contributed by atoms with Gasteiger partial charge in [-0.25, -0.2) is 9.97 Å². The van der Waals surface area contributed by atoms with Crippen molar-refractivity contribution in [3.63, 3.8) is 0 Å². The van der Waals surface area contributed by atoms with Crippen molar-refractivity contribution < 1.29 is 13.6 Å². The molecule has 4 rings (SSSR count). The first-order valence-electron chi connectivity index (χ1n) is 7.08. The van der Waals surface area contributed by atoms with Gasteiger partial charge in [0.1, 0.15) is 23.9 Å². The molecule has 4 aromatic heterocycles. The van der Waals surface area contributed by atoms with E-state index in [9.17, 15) is 4.79 Å². The highest BCUT2D eigenvalue weighted by atomic mass is 16.4. The Labute approximate surface area is 136 Å². The van der Waals surface area contributed by atoms with E-state index in [4.69, 9.17) is 8.83 Å². The Morgan fingerprint density at radius 2 is 1.12 bits per heavy atom. The van der Waals surface area contributed by atoms with Gasteiger partial charge in [0, 0.05) is 35.9 Å². The molecule has 4 heterocycles. The van der Waals surface area contributed by atoms with Crippen LogP contribution in [0.25, 0.3) is 22.5 Å². The number of carbonyl (C=O) groups is 1. The van der Waals surface area contributed by atoms with Crippen LogP contribution in [0.3, 0.4) is 0 Å². The second kappa shape index (κ2) is 5.88. The van der Waals surface area contributed by atoms with Gasteiger partial charge < -0.3 is 8.83 Å². The molecular weight excluding hydrogens is 308 g/mol. The summed E-state index contributed by atoms with van der Waals surface area (Å²) in [6.45, 7) is 0. The highest BCUT2D eigenvalue weighted by molar-refractivity contribution is 6.03. The van der Waals surface area contributed by atoms with Crippen LogP contribution in [0.1, 0.15) is 16.6 Å². The maximum atomic E-state index is 12.4. The fourth-order valence-electron chi connectivity index (χ4n) is 2.16. The normalized spacial score (nSPS) is 10.7. The zero-order chi connectivity index (χ0) is 16.4. The standard InChI is InChI=1S/C17H10N4O3/c22-15(16-20-13(9-23-16)11-1-5-18-6-2-11)17-21-14(10-24-17)12-3-7-19-8-4-12/h1-10H. The summed E-state index contributed by atoms with van der Waals surface area (Å²) in [5.74, 6) is -0.675. The molecule has 0 N–H and O–H groups in total. The number of rotatable bonds is 4. The first-order chi connectivity index (χ1) is 11.8. The van der Waals surface area contributed by atoms with Crippen LogP contribution in [0, 0.1) is 0 Å². The van der Waals surface area contributed by atoms with Gasteiger partial charge in [-0.15, -0.1) is 0 Å². The summed E-state index contributed by atoms with van der Waals surface area (Å²) in [6, 6.07) is 7.11. The molecule has 0 aliphatic rings. The number of aromatic nitrogens is 4. The maximum Gasteiger partial charge on any atom is 0.302 e. The Bertz CT molecular complexity index is 898. The van der Waals surface area contributed by atoms with Gasteiger partial charge in [-0.05, 0) is 24.3 Å². The second-order valence-corrected chi connectivity index (χ2v) is 4.88. The zero-order valence-electron chi connectivity index (χ0n) is 12.3. The molecule has 0 spiro atoms. The van der Waals surface area contributed by atoms with Gasteiger partial charge in [0.25, 0.3) is 11.8 Å². The van der Waals surface area contributed by atoms with E-state index in [0.717, 1.165) is 11.1 Å². The van der Waals surface area contributed by atoms with Crippen molar-refractivity contribution in [2.45, 2.75) is 0 Å². The lowest BCUT2D eigenvalue weighted by Gasteiger charge is -1.92. The first kappa shape index (κ1) is 14.0. The topological polar surface area (TPSA) is 94.9 Å². The van der Waals surface area contributed by atoms with E-state index in [1.807, 2.05) is 0 Å². The highest BCUT2D eigenvalue weighted by Gasteiger charge is 2.22. The van der Waals surface area contributed by atoms with Crippen LogP contribution in [-0.2, 0) is 0 Å². The van der Waals surface area contributed by atoms with Crippen LogP contribution in [0.5, 0.6) is 0 Å². The largest absolute Gasteiger partial charge is 0.441 e. The summed E-state index contributed by atoms with van der Waals surface area (Å²) in [4.78, 5) is 28.6. The summed E-state index contributed by atoms with van der Waals surface area (Å²) < 4.78 is 10.5. The van der Waals surface area contributed by atoms with Crippen molar-refractivity contribution in [1.82, 2.24) is 19.9 Å². The lowest BCUT2D eigenvalue weighted by molar-refractivity contribution is 0.0970. The van der Waals surface area contributed by atoms with Crippen LogP contribution in [0.15, 0.2) is 70.4 Å². The SMILES string of the molecule is O=C(c1nc(-c2ccncc2)co1)c1nc(-c2ccncc2)co1. The molecule has 0 radical (unpaired) electrons. The minimum absolute atomic E-state index is 0.0788. The summed E-state index contributed by atoms with van der Waals surface area (Å²) >= 11 is 0. The molecule has 116 valence electrons. The first-order valence-corrected chi connectivity index (χ1v) is 7.08. The van der Waals surface area contributed by atoms with Crippen LogP contribution >= 0.6 is 0 Å². The quantitative estimate of drug-likeness (QED) is 0.534. The van der Waals surface area contributed by atoms with Gasteiger partial charge in [0.15, 0.2) is 0 Å². The molecule has 0 aliphatic heterocycles. The van der Waals surface area contributed by atoms with Crippen molar-refractivity contribution in [2.24, 2.45) is 0 Å². The zero-order valence-corrected chi connectivity index (χ0v) is 12.3. The Hall–Kier alpha value is -3.61. The number of carbonyl (C=O) groups excluding carboxylic acids is 1.